The summed E-state index contributed by atoms with van der Waals surface area (Å²) in [5, 5.41) is 6.04. The van der Waals surface area contributed by atoms with E-state index in [2.05, 4.69) is 10.6 Å². The zero-order chi connectivity index (χ0) is 8.81. The van der Waals surface area contributed by atoms with E-state index in [4.69, 9.17) is 0 Å². The summed E-state index contributed by atoms with van der Waals surface area (Å²) in [7, 11) is 2.00. The van der Waals surface area contributed by atoms with Gasteiger partial charge in [-0.3, -0.25) is 4.79 Å². The SMILES string of the molecule is CNCC1CCC(NC=O)CC1. The van der Waals surface area contributed by atoms with Gasteiger partial charge in [-0.2, -0.15) is 0 Å². The Labute approximate surface area is 73.9 Å². The van der Waals surface area contributed by atoms with Gasteiger partial charge in [0.15, 0.2) is 0 Å². The molecular formula is C9H18N2O. The van der Waals surface area contributed by atoms with Crippen LogP contribution in [-0.2, 0) is 4.79 Å². The zero-order valence-corrected chi connectivity index (χ0v) is 7.68. The standard InChI is InChI=1S/C9H18N2O/c1-10-6-8-2-4-9(5-3-8)11-7-12/h7-10H,2-6H2,1H3,(H,11,12). The van der Waals surface area contributed by atoms with Gasteiger partial charge in [-0.15, -0.1) is 0 Å². The van der Waals surface area contributed by atoms with E-state index >= 15 is 0 Å². The molecule has 0 unspecified atom stereocenters. The lowest BCUT2D eigenvalue weighted by molar-refractivity contribution is -0.110. The van der Waals surface area contributed by atoms with Crippen LogP contribution in [0, 0.1) is 5.92 Å². The Bertz CT molecular complexity index is 130. The quantitative estimate of drug-likeness (QED) is 0.604. The third-order valence-electron chi connectivity index (χ3n) is 2.64. The lowest BCUT2D eigenvalue weighted by atomic mass is 9.86. The van der Waals surface area contributed by atoms with Crippen LogP contribution in [0.1, 0.15) is 25.7 Å². The molecule has 0 aliphatic heterocycles. The second kappa shape index (κ2) is 5.14. The molecule has 0 aromatic rings. The van der Waals surface area contributed by atoms with E-state index in [0.29, 0.717) is 6.04 Å². The number of hydrogen-bond acceptors (Lipinski definition) is 2. The molecule has 0 heterocycles. The maximum atomic E-state index is 10.2. The molecule has 1 amide bonds. The highest BCUT2D eigenvalue weighted by Gasteiger charge is 2.19. The monoisotopic (exact) mass is 170 g/mol. The zero-order valence-electron chi connectivity index (χ0n) is 7.68. The third kappa shape index (κ3) is 2.81. The first kappa shape index (κ1) is 9.52. The molecule has 12 heavy (non-hydrogen) atoms. The molecule has 0 radical (unpaired) electrons. The number of hydrogen-bond donors (Lipinski definition) is 2. The van der Waals surface area contributed by atoms with Gasteiger partial charge in [-0.05, 0) is 45.2 Å². The van der Waals surface area contributed by atoms with E-state index in [-0.39, 0.29) is 0 Å². The molecule has 1 aliphatic carbocycles. The molecule has 0 spiro atoms. The molecule has 3 heteroatoms. The van der Waals surface area contributed by atoms with Crippen molar-refractivity contribution < 1.29 is 4.79 Å². The van der Waals surface area contributed by atoms with Crippen LogP contribution in [0.5, 0.6) is 0 Å². The first-order valence-corrected chi connectivity index (χ1v) is 4.71. The molecule has 1 saturated carbocycles. The summed E-state index contributed by atoms with van der Waals surface area (Å²) in [6.07, 6.45) is 5.60. The van der Waals surface area contributed by atoms with Crippen molar-refractivity contribution >= 4 is 6.41 Å². The van der Waals surface area contributed by atoms with Crippen LogP contribution in [0.3, 0.4) is 0 Å². The number of rotatable bonds is 4. The molecule has 1 aliphatic rings. The van der Waals surface area contributed by atoms with E-state index in [0.717, 1.165) is 31.7 Å². The molecule has 1 rings (SSSR count). The van der Waals surface area contributed by atoms with Gasteiger partial charge < -0.3 is 10.6 Å². The molecule has 0 bridgehead atoms. The molecular weight excluding hydrogens is 152 g/mol. The largest absolute Gasteiger partial charge is 0.356 e. The maximum absolute atomic E-state index is 10.2. The van der Waals surface area contributed by atoms with Crippen LogP contribution < -0.4 is 10.6 Å². The molecule has 0 aromatic heterocycles. The van der Waals surface area contributed by atoms with Gasteiger partial charge in [0, 0.05) is 6.04 Å². The Morgan fingerprint density at radius 2 is 2.00 bits per heavy atom. The average molecular weight is 170 g/mol. The molecule has 0 atom stereocenters. The van der Waals surface area contributed by atoms with Crippen LogP contribution in [0.25, 0.3) is 0 Å². The van der Waals surface area contributed by atoms with E-state index in [1.165, 1.54) is 12.8 Å². The fourth-order valence-corrected chi connectivity index (χ4v) is 1.92. The Balaban J connectivity index is 2.15. The number of carbonyl (C=O) groups is 1. The van der Waals surface area contributed by atoms with Gasteiger partial charge in [-0.25, -0.2) is 0 Å². The second-order valence-corrected chi connectivity index (χ2v) is 3.56. The van der Waals surface area contributed by atoms with E-state index < -0.39 is 0 Å². The van der Waals surface area contributed by atoms with Crippen LogP contribution in [0.2, 0.25) is 0 Å². The Kier molecular flexibility index (Phi) is 4.08. The van der Waals surface area contributed by atoms with Crippen molar-refractivity contribution in [1.82, 2.24) is 10.6 Å². The van der Waals surface area contributed by atoms with Gasteiger partial charge in [0.25, 0.3) is 0 Å². The van der Waals surface area contributed by atoms with Gasteiger partial charge in [0.2, 0.25) is 6.41 Å². The van der Waals surface area contributed by atoms with Crippen molar-refractivity contribution in [2.24, 2.45) is 5.92 Å². The van der Waals surface area contributed by atoms with Crippen LogP contribution >= 0.6 is 0 Å². The van der Waals surface area contributed by atoms with Crippen molar-refractivity contribution in [3.8, 4) is 0 Å². The van der Waals surface area contributed by atoms with Crippen molar-refractivity contribution in [1.29, 1.82) is 0 Å². The molecule has 0 aromatic carbocycles. The van der Waals surface area contributed by atoms with Gasteiger partial charge in [-0.1, -0.05) is 0 Å². The third-order valence-corrected chi connectivity index (χ3v) is 2.64. The molecule has 70 valence electrons. The fraction of sp³-hybridized carbons (Fsp3) is 0.889. The van der Waals surface area contributed by atoms with Gasteiger partial charge in [0.1, 0.15) is 0 Å². The summed E-state index contributed by atoms with van der Waals surface area (Å²) in [6, 6.07) is 0.440. The molecule has 1 fully saturated rings. The van der Waals surface area contributed by atoms with Gasteiger partial charge in [0.05, 0.1) is 0 Å². The van der Waals surface area contributed by atoms with Crippen molar-refractivity contribution in [2.45, 2.75) is 31.7 Å². The minimum Gasteiger partial charge on any atom is -0.356 e. The summed E-state index contributed by atoms with van der Waals surface area (Å²) < 4.78 is 0. The highest BCUT2D eigenvalue weighted by atomic mass is 16.1. The molecule has 3 nitrogen and oxygen atoms in total. The Morgan fingerprint density at radius 1 is 1.33 bits per heavy atom. The maximum Gasteiger partial charge on any atom is 0.207 e. The lowest BCUT2D eigenvalue weighted by Crippen LogP contribution is -2.34. The highest BCUT2D eigenvalue weighted by Crippen LogP contribution is 2.23. The summed E-state index contributed by atoms with van der Waals surface area (Å²) in [6.45, 7) is 1.12. The number of nitrogens with one attached hydrogen (secondary N) is 2. The van der Waals surface area contributed by atoms with E-state index in [1.807, 2.05) is 7.05 Å². The number of amides is 1. The minimum atomic E-state index is 0.440. The topological polar surface area (TPSA) is 41.1 Å². The predicted molar refractivity (Wildman–Crippen MR) is 48.9 cm³/mol. The fourth-order valence-electron chi connectivity index (χ4n) is 1.92. The summed E-state index contributed by atoms with van der Waals surface area (Å²) in [4.78, 5) is 10.2. The lowest BCUT2D eigenvalue weighted by Gasteiger charge is -2.27. The normalized spacial score (nSPS) is 29.8. The predicted octanol–water partition coefficient (Wildman–Crippen LogP) is 0.511. The van der Waals surface area contributed by atoms with Gasteiger partial charge >= 0.3 is 0 Å². The molecule has 2 N–H and O–H groups in total. The van der Waals surface area contributed by atoms with E-state index in [1.54, 1.807) is 0 Å². The molecule has 0 saturated heterocycles. The smallest absolute Gasteiger partial charge is 0.207 e. The van der Waals surface area contributed by atoms with Crippen LogP contribution in [-0.4, -0.2) is 26.0 Å². The van der Waals surface area contributed by atoms with Crippen molar-refractivity contribution in [3.63, 3.8) is 0 Å². The summed E-state index contributed by atoms with van der Waals surface area (Å²) in [5.41, 5.74) is 0. The van der Waals surface area contributed by atoms with Crippen molar-refractivity contribution in [3.05, 3.63) is 0 Å². The Morgan fingerprint density at radius 3 is 2.50 bits per heavy atom. The highest BCUT2D eigenvalue weighted by molar-refractivity contribution is 5.46. The van der Waals surface area contributed by atoms with Crippen molar-refractivity contribution in [2.75, 3.05) is 13.6 Å². The van der Waals surface area contributed by atoms with Crippen LogP contribution in [0.4, 0.5) is 0 Å². The first-order valence-electron chi connectivity index (χ1n) is 4.71. The Hall–Kier alpha value is -0.570. The first-order chi connectivity index (χ1) is 5.86. The summed E-state index contributed by atoms with van der Waals surface area (Å²) >= 11 is 0. The average Bonchev–Trinajstić information content (AvgIpc) is 2.09. The minimum absolute atomic E-state index is 0.440. The van der Waals surface area contributed by atoms with Crippen LogP contribution in [0.15, 0.2) is 0 Å². The second-order valence-electron chi connectivity index (χ2n) is 3.56. The summed E-state index contributed by atoms with van der Waals surface area (Å²) in [5.74, 6) is 0.819. The van der Waals surface area contributed by atoms with E-state index in [9.17, 15) is 4.79 Å². The number of carbonyl (C=O) groups excluding carboxylic acids is 1.